The third kappa shape index (κ3) is 2.25. The maximum atomic E-state index is 6.19. The summed E-state index contributed by atoms with van der Waals surface area (Å²) in [5.41, 5.74) is 6.19. The van der Waals surface area contributed by atoms with Gasteiger partial charge in [0.25, 0.3) is 0 Å². The average molecular weight is 238 g/mol. The van der Waals surface area contributed by atoms with Crippen LogP contribution in [0.1, 0.15) is 45.4 Å². The minimum Gasteiger partial charge on any atom is -0.381 e. The van der Waals surface area contributed by atoms with Crippen molar-refractivity contribution in [2.24, 2.45) is 11.7 Å². The van der Waals surface area contributed by atoms with E-state index >= 15 is 0 Å². The summed E-state index contributed by atoms with van der Waals surface area (Å²) >= 11 is 0. The highest BCUT2D eigenvalue weighted by Crippen LogP contribution is 2.37. The number of hydrogen-bond donors (Lipinski definition) is 1. The van der Waals surface area contributed by atoms with Crippen molar-refractivity contribution in [3.05, 3.63) is 0 Å². The molecule has 4 unspecified atom stereocenters. The lowest BCUT2D eigenvalue weighted by Crippen LogP contribution is -2.59. The first-order chi connectivity index (χ1) is 8.25. The molecule has 17 heavy (non-hydrogen) atoms. The van der Waals surface area contributed by atoms with Crippen LogP contribution in [-0.2, 0) is 4.74 Å². The molecule has 2 bridgehead atoms. The van der Waals surface area contributed by atoms with E-state index in [9.17, 15) is 0 Å². The van der Waals surface area contributed by atoms with E-state index in [1.807, 2.05) is 0 Å². The second-order valence-electron chi connectivity index (χ2n) is 6.28. The lowest BCUT2D eigenvalue weighted by Gasteiger charge is -2.52. The Morgan fingerprint density at radius 1 is 1.18 bits per heavy atom. The molecule has 98 valence electrons. The Morgan fingerprint density at radius 2 is 1.88 bits per heavy atom. The van der Waals surface area contributed by atoms with Gasteiger partial charge < -0.3 is 10.5 Å². The number of rotatable bonds is 2. The Bertz CT molecular complexity index is 251. The number of nitrogens with two attached hydrogens (primary N) is 1. The summed E-state index contributed by atoms with van der Waals surface area (Å²) in [7, 11) is 0. The summed E-state index contributed by atoms with van der Waals surface area (Å²) in [6.45, 7) is 4.36. The summed E-state index contributed by atoms with van der Waals surface area (Å²) in [5.74, 6) is 0.757. The van der Waals surface area contributed by atoms with Crippen LogP contribution < -0.4 is 5.73 Å². The zero-order valence-corrected chi connectivity index (χ0v) is 11.0. The van der Waals surface area contributed by atoms with Gasteiger partial charge in [0, 0.05) is 30.8 Å². The van der Waals surface area contributed by atoms with Gasteiger partial charge in [0.05, 0.1) is 6.61 Å². The van der Waals surface area contributed by atoms with Gasteiger partial charge in [-0.05, 0) is 44.9 Å². The number of piperidine rings is 2. The number of nitrogens with zero attached hydrogens (tertiary/aromatic N) is 1. The molecular formula is C14H26N2O. The quantitative estimate of drug-likeness (QED) is 0.796. The average Bonchev–Trinajstić information content (AvgIpc) is 2.80. The molecule has 0 radical (unpaired) electrons. The highest BCUT2D eigenvalue weighted by Gasteiger charge is 2.41. The summed E-state index contributed by atoms with van der Waals surface area (Å²) < 4.78 is 5.56. The Labute approximate surface area is 105 Å². The topological polar surface area (TPSA) is 38.5 Å². The molecule has 3 saturated heterocycles. The molecule has 3 aliphatic rings. The molecule has 0 saturated carbocycles. The van der Waals surface area contributed by atoms with E-state index in [4.69, 9.17) is 10.5 Å². The molecule has 0 aromatic carbocycles. The summed E-state index contributed by atoms with van der Waals surface area (Å²) in [6, 6.07) is 2.66. The van der Waals surface area contributed by atoms with Gasteiger partial charge in [-0.3, -0.25) is 4.90 Å². The predicted molar refractivity (Wildman–Crippen MR) is 68.9 cm³/mol. The van der Waals surface area contributed by atoms with Crippen molar-refractivity contribution in [2.45, 2.75) is 69.6 Å². The van der Waals surface area contributed by atoms with Crippen LogP contribution in [0.5, 0.6) is 0 Å². The van der Waals surface area contributed by atoms with Crippen LogP contribution in [0, 0.1) is 5.92 Å². The highest BCUT2D eigenvalue weighted by molar-refractivity contribution is 4.97. The highest BCUT2D eigenvalue weighted by atomic mass is 16.5. The molecule has 3 nitrogen and oxygen atoms in total. The maximum absolute atomic E-state index is 6.19. The normalized spacial score (nSPS) is 44.8. The smallest absolute Gasteiger partial charge is 0.0509 e. The third-order valence-electron chi connectivity index (χ3n) is 5.19. The lowest BCUT2D eigenvalue weighted by molar-refractivity contribution is -0.0201. The minimum absolute atomic E-state index is 0.452. The second kappa shape index (κ2) is 4.87. The molecule has 3 fully saturated rings. The molecule has 3 heteroatoms. The minimum atomic E-state index is 0.452. The number of hydrogen-bond acceptors (Lipinski definition) is 3. The van der Waals surface area contributed by atoms with Crippen molar-refractivity contribution >= 4 is 0 Å². The fourth-order valence-electron chi connectivity index (χ4n) is 4.30. The van der Waals surface area contributed by atoms with Crippen molar-refractivity contribution in [2.75, 3.05) is 13.2 Å². The molecule has 0 amide bonds. The Balaban J connectivity index is 1.72. The van der Waals surface area contributed by atoms with Gasteiger partial charge in [-0.25, -0.2) is 0 Å². The standard InChI is InChI=1S/C14H26N2O/c1-10(11-5-6-17-9-11)16-13-3-2-4-14(16)8-12(15)7-13/h10-14H,2-9,15H2,1H3. The molecule has 3 heterocycles. The summed E-state index contributed by atoms with van der Waals surface area (Å²) in [6.07, 6.45) is 7.82. The molecule has 3 rings (SSSR count). The molecule has 3 aliphatic heterocycles. The van der Waals surface area contributed by atoms with E-state index in [1.54, 1.807) is 0 Å². The second-order valence-corrected chi connectivity index (χ2v) is 6.28. The fraction of sp³-hybridized carbons (Fsp3) is 1.00. The van der Waals surface area contributed by atoms with Gasteiger partial charge in [0.15, 0.2) is 0 Å². The third-order valence-corrected chi connectivity index (χ3v) is 5.19. The van der Waals surface area contributed by atoms with Gasteiger partial charge >= 0.3 is 0 Å². The fourth-order valence-corrected chi connectivity index (χ4v) is 4.30. The largest absolute Gasteiger partial charge is 0.381 e. The Hall–Kier alpha value is -0.120. The van der Waals surface area contributed by atoms with E-state index in [0.717, 1.165) is 31.2 Å². The molecule has 2 N–H and O–H groups in total. The number of ether oxygens (including phenoxy) is 1. The summed E-state index contributed by atoms with van der Waals surface area (Å²) in [5, 5.41) is 0. The van der Waals surface area contributed by atoms with Gasteiger partial charge in [-0.1, -0.05) is 6.42 Å². The Kier molecular flexibility index (Phi) is 3.42. The van der Waals surface area contributed by atoms with Crippen LogP contribution >= 0.6 is 0 Å². The molecule has 0 aromatic heterocycles. The first kappa shape index (κ1) is 11.9. The molecule has 0 aromatic rings. The van der Waals surface area contributed by atoms with E-state index < -0.39 is 0 Å². The molecular weight excluding hydrogens is 212 g/mol. The van der Waals surface area contributed by atoms with Crippen LogP contribution in [0.25, 0.3) is 0 Å². The van der Waals surface area contributed by atoms with Gasteiger partial charge in [0.2, 0.25) is 0 Å². The van der Waals surface area contributed by atoms with Crippen molar-refractivity contribution in [1.82, 2.24) is 4.90 Å². The first-order valence-corrected chi connectivity index (χ1v) is 7.36. The number of fused-ring (bicyclic) bond motifs is 2. The Morgan fingerprint density at radius 3 is 2.47 bits per heavy atom. The van der Waals surface area contributed by atoms with Crippen LogP contribution in [0.3, 0.4) is 0 Å². The van der Waals surface area contributed by atoms with Crippen molar-refractivity contribution < 1.29 is 4.74 Å². The van der Waals surface area contributed by atoms with Crippen LogP contribution in [0.15, 0.2) is 0 Å². The van der Waals surface area contributed by atoms with Gasteiger partial charge in [0.1, 0.15) is 0 Å². The predicted octanol–water partition coefficient (Wildman–Crippen LogP) is 1.76. The van der Waals surface area contributed by atoms with Crippen molar-refractivity contribution in [3.63, 3.8) is 0 Å². The molecule has 0 spiro atoms. The zero-order chi connectivity index (χ0) is 11.8. The van der Waals surface area contributed by atoms with E-state index in [2.05, 4.69) is 11.8 Å². The van der Waals surface area contributed by atoms with E-state index in [0.29, 0.717) is 12.1 Å². The van der Waals surface area contributed by atoms with E-state index in [1.165, 1.54) is 38.5 Å². The van der Waals surface area contributed by atoms with Gasteiger partial charge in [-0.2, -0.15) is 0 Å². The van der Waals surface area contributed by atoms with Crippen LogP contribution in [-0.4, -0.2) is 42.3 Å². The zero-order valence-electron chi connectivity index (χ0n) is 11.0. The maximum Gasteiger partial charge on any atom is 0.0509 e. The molecule has 0 aliphatic carbocycles. The summed E-state index contributed by atoms with van der Waals surface area (Å²) in [4.78, 5) is 2.81. The lowest BCUT2D eigenvalue weighted by atomic mass is 9.79. The molecule has 4 atom stereocenters. The van der Waals surface area contributed by atoms with Crippen molar-refractivity contribution in [1.29, 1.82) is 0 Å². The SMILES string of the molecule is CC(C1CCOC1)N1C2CCCC1CC(N)C2. The van der Waals surface area contributed by atoms with Crippen LogP contribution in [0.4, 0.5) is 0 Å². The van der Waals surface area contributed by atoms with Crippen molar-refractivity contribution in [3.8, 4) is 0 Å². The van der Waals surface area contributed by atoms with Gasteiger partial charge in [-0.15, -0.1) is 0 Å². The monoisotopic (exact) mass is 238 g/mol. The first-order valence-electron chi connectivity index (χ1n) is 7.36. The van der Waals surface area contributed by atoms with Crippen LogP contribution in [0.2, 0.25) is 0 Å². The van der Waals surface area contributed by atoms with E-state index in [-0.39, 0.29) is 0 Å².